The Labute approximate surface area is 74.2 Å². The summed E-state index contributed by atoms with van der Waals surface area (Å²) in [4.78, 5) is 0. The van der Waals surface area contributed by atoms with Crippen LogP contribution in [0.15, 0.2) is 11.6 Å². The molecule has 1 heterocycles. The van der Waals surface area contributed by atoms with E-state index in [1.807, 2.05) is 0 Å². The van der Waals surface area contributed by atoms with Crippen molar-refractivity contribution in [1.29, 1.82) is 0 Å². The molecule has 0 saturated carbocycles. The van der Waals surface area contributed by atoms with E-state index in [4.69, 9.17) is 9.84 Å². The Bertz CT molecular complexity index is 182. The van der Waals surface area contributed by atoms with Gasteiger partial charge in [-0.15, -0.1) is 0 Å². The number of rotatable bonds is 4. The summed E-state index contributed by atoms with van der Waals surface area (Å²) in [6.45, 7) is 6.41. The van der Waals surface area contributed by atoms with Crippen LogP contribution in [0.2, 0.25) is 0 Å². The Morgan fingerprint density at radius 1 is 1.58 bits per heavy atom. The van der Waals surface area contributed by atoms with Gasteiger partial charge in [0.25, 0.3) is 0 Å². The van der Waals surface area contributed by atoms with Crippen LogP contribution in [0.1, 0.15) is 33.6 Å². The highest BCUT2D eigenvalue weighted by Gasteiger charge is 2.50. The summed E-state index contributed by atoms with van der Waals surface area (Å²) in [5.41, 5.74) is 1.31. The molecule has 1 aliphatic heterocycles. The van der Waals surface area contributed by atoms with E-state index in [-0.39, 0.29) is 18.3 Å². The van der Waals surface area contributed by atoms with Gasteiger partial charge in [0.1, 0.15) is 6.10 Å². The molecule has 0 aromatic rings. The third-order valence-corrected chi connectivity index (χ3v) is 2.39. The third kappa shape index (κ3) is 2.32. The zero-order valence-corrected chi connectivity index (χ0v) is 8.13. The molecule has 0 radical (unpaired) electrons. The van der Waals surface area contributed by atoms with E-state index >= 15 is 0 Å². The largest absolute Gasteiger partial charge is 0.394 e. The molecule has 0 bridgehead atoms. The molecule has 2 heteroatoms. The summed E-state index contributed by atoms with van der Waals surface area (Å²) in [7, 11) is 0. The Balaban J connectivity index is 2.21. The SMILES string of the molecule is CC(C)=CCC[C@]1(C)O[C@@H]1CO. The second-order valence-corrected chi connectivity index (χ2v) is 3.92. The molecule has 0 aromatic carbocycles. The van der Waals surface area contributed by atoms with E-state index in [2.05, 4.69) is 26.8 Å². The lowest BCUT2D eigenvalue weighted by atomic mass is 10.0. The molecular weight excluding hydrogens is 152 g/mol. The molecule has 1 fully saturated rings. The Kier molecular flexibility index (Phi) is 2.91. The normalized spacial score (nSPS) is 33.2. The maximum atomic E-state index is 8.81. The van der Waals surface area contributed by atoms with E-state index in [1.165, 1.54) is 5.57 Å². The van der Waals surface area contributed by atoms with Gasteiger partial charge in [-0.1, -0.05) is 11.6 Å². The highest BCUT2D eigenvalue weighted by Crippen LogP contribution is 2.39. The molecule has 12 heavy (non-hydrogen) atoms. The van der Waals surface area contributed by atoms with E-state index in [1.54, 1.807) is 0 Å². The number of aliphatic hydroxyl groups excluding tert-OH is 1. The van der Waals surface area contributed by atoms with Crippen molar-refractivity contribution in [3.63, 3.8) is 0 Å². The van der Waals surface area contributed by atoms with Crippen LogP contribution in [0.4, 0.5) is 0 Å². The van der Waals surface area contributed by atoms with Crippen molar-refractivity contribution in [3.05, 3.63) is 11.6 Å². The number of epoxide rings is 1. The monoisotopic (exact) mass is 170 g/mol. The number of allylic oxidation sites excluding steroid dienone is 2. The molecule has 0 unspecified atom stereocenters. The first kappa shape index (κ1) is 9.75. The second-order valence-electron chi connectivity index (χ2n) is 3.92. The van der Waals surface area contributed by atoms with Crippen molar-refractivity contribution in [3.8, 4) is 0 Å². The molecular formula is C10H18O2. The van der Waals surface area contributed by atoms with Gasteiger partial charge in [-0.2, -0.15) is 0 Å². The van der Waals surface area contributed by atoms with Crippen LogP contribution in [0.25, 0.3) is 0 Å². The molecule has 0 spiro atoms. The first-order chi connectivity index (χ1) is 5.58. The van der Waals surface area contributed by atoms with Gasteiger partial charge in [-0.25, -0.2) is 0 Å². The summed E-state index contributed by atoms with van der Waals surface area (Å²) in [5, 5.41) is 8.81. The average Bonchev–Trinajstić information content (AvgIpc) is 2.61. The summed E-state index contributed by atoms with van der Waals surface area (Å²) in [6, 6.07) is 0. The molecule has 1 rings (SSSR count). The minimum Gasteiger partial charge on any atom is -0.394 e. The topological polar surface area (TPSA) is 32.8 Å². The van der Waals surface area contributed by atoms with Crippen LogP contribution in [0.5, 0.6) is 0 Å². The molecule has 1 aliphatic rings. The molecule has 0 aromatic heterocycles. The Hall–Kier alpha value is -0.340. The number of hydrogen-bond donors (Lipinski definition) is 1. The fourth-order valence-electron chi connectivity index (χ4n) is 1.39. The summed E-state index contributed by atoms with van der Waals surface area (Å²) < 4.78 is 5.36. The number of aliphatic hydroxyl groups is 1. The average molecular weight is 170 g/mol. The van der Waals surface area contributed by atoms with Crippen LogP contribution in [-0.2, 0) is 4.74 Å². The number of ether oxygens (including phenoxy) is 1. The molecule has 1 saturated heterocycles. The van der Waals surface area contributed by atoms with E-state index < -0.39 is 0 Å². The van der Waals surface area contributed by atoms with Crippen LogP contribution < -0.4 is 0 Å². The van der Waals surface area contributed by atoms with Gasteiger partial charge < -0.3 is 9.84 Å². The van der Waals surface area contributed by atoms with Crippen molar-refractivity contribution >= 4 is 0 Å². The quantitative estimate of drug-likeness (QED) is 0.516. The van der Waals surface area contributed by atoms with Crippen molar-refractivity contribution in [2.45, 2.75) is 45.3 Å². The van der Waals surface area contributed by atoms with Gasteiger partial charge in [0.15, 0.2) is 0 Å². The number of hydrogen-bond acceptors (Lipinski definition) is 2. The summed E-state index contributed by atoms with van der Waals surface area (Å²) in [6.07, 6.45) is 4.36. The fraction of sp³-hybridized carbons (Fsp3) is 0.800. The lowest BCUT2D eigenvalue weighted by molar-refractivity contribution is 0.235. The predicted octanol–water partition coefficient (Wildman–Crippen LogP) is 1.88. The second kappa shape index (κ2) is 3.58. The minimum atomic E-state index is -0.0410. The highest BCUT2D eigenvalue weighted by molar-refractivity contribution is 5.02. The third-order valence-electron chi connectivity index (χ3n) is 2.39. The molecule has 2 nitrogen and oxygen atoms in total. The highest BCUT2D eigenvalue weighted by atomic mass is 16.6. The maximum absolute atomic E-state index is 8.81. The standard InChI is InChI=1S/C10H18O2/c1-8(2)5-4-6-10(3)9(7-11)12-10/h5,9,11H,4,6-7H2,1-3H3/t9-,10+/m1/s1. The predicted molar refractivity (Wildman–Crippen MR) is 49.0 cm³/mol. The van der Waals surface area contributed by atoms with Crippen molar-refractivity contribution < 1.29 is 9.84 Å². The maximum Gasteiger partial charge on any atom is 0.110 e. The van der Waals surface area contributed by atoms with Crippen LogP contribution >= 0.6 is 0 Å². The van der Waals surface area contributed by atoms with Gasteiger partial charge in [-0.05, 0) is 33.6 Å². The van der Waals surface area contributed by atoms with Crippen molar-refractivity contribution in [2.24, 2.45) is 0 Å². The Morgan fingerprint density at radius 3 is 2.67 bits per heavy atom. The van der Waals surface area contributed by atoms with Gasteiger partial charge in [0.2, 0.25) is 0 Å². The van der Waals surface area contributed by atoms with Crippen LogP contribution in [-0.4, -0.2) is 23.4 Å². The summed E-state index contributed by atoms with van der Waals surface area (Å²) in [5.74, 6) is 0. The van der Waals surface area contributed by atoms with Crippen molar-refractivity contribution in [2.75, 3.05) is 6.61 Å². The smallest absolute Gasteiger partial charge is 0.110 e. The van der Waals surface area contributed by atoms with Gasteiger partial charge >= 0.3 is 0 Å². The zero-order valence-electron chi connectivity index (χ0n) is 8.13. The van der Waals surface area contributed by atoms with Crippen LogP contribution in [0.3, 0.4) is 0 Å². The van der Waals surface area contributed by atoms with E-state index in [9.17, 15) is 0 Å². The lowest BCUT2D eigenvalue weighted by Crippen LogP contribution is -2.11. The minimum absolute atomic E-state index is 0.0410. The molecule has 0 amide bonds. The summed E-state index contributed by atoms with van der Waals surface area (Å²) >= 11 is 0. The molecule has 1 N–H and O–H groups in total. The van der Waals surface area contributed by atoms with E-state index in [0.29, 0.717) is 0 Å². The molecule has 70 valence electrons. The van der Waals surface area contributed by atoms with E-state index in [0.717, 1.165) is 12.8 Å². The Morgan fingerprint density at radius 2 is 2.25 bits per heavy atom. The molecule has 0 aliphatic carbocycles. The first-order valence-electron chi connectivity index (χ1n) is 4.50. The lowest BCUT2D eigenvalue weighted by Gasteiger charge is -2.02. The van der Waals surface area contributed by atoms with Crippen LogP contribution in [0, 0.1) is 0 Å². The van der Waals surface area contributed by atoms with Crippen molar-refractivity contribution in [1.82, 2.24) is 0 Å². The van der Waals surface area contributed by atoms with Gasteiger partial charge in [0, 0.05) is 0 Å². The zero-order chi connectivity index (χ0) is 9.19. The fourth-order valence-corrected chi connectivity index (χ4v) is 1.39. The molecule has 2 atom stereocenters. The van der Waals surface area contributed by atoms with Gasteiger partial charge in [-0.3, -0.25) is 0 Å². The first-order valence-corrected chi connectivity index (χ1v) is 4.50. The van der Waals surface area contributed by atoms with Gasteiger partial charge in [0.05, 0.1) is 12.2 Å².